The zero-order valence-corrected chi connectivity index (χ0v) is 18.7. The van der Waals surface area contributed by atoms with Crippen LogP contribution in [0.25, 0.3) is 0 Å². The average Bonchev–Trinajstić information content (AvgIpc) is 2.89. The zero-order valence-electron chi connectivity index (χ0n) is 18.7. The summed E-state index contributed by atoms with van der Waals surface area (Å²) in [6, 6.07) is 0. The molecule has 0 unspecified atom stereocenters. The zero-order chi connectivity index (χ0) is 19.0. The fourth-order valence-electron chi connectivity index (χ4n) is 8.55. The average molecular weight is 361 g/mol. The Morgan fingerprint density at radius 1 is 0.769 bits per heavy atom. The normalized spacial score (nSPS) is 50.7. The summed E-state index contributed by atoms with van der Waals surface area (Å²) in [5.41, 5.74) is 1.52. The molecule has 0 N–H and O–H groups in total. The van der Waals surface area contributed by atoms with Crippen LogP contribution < -0.4 is 0 Å². The molecule has 4 saturated carbocycles. The molecule has 1 nitrogen and oxygen atoms in total. The lowest BCUT2D eigenvalue weighted by Gasteiger charge is -2.67. The largest absolute Gasteiger partial charge is 0.372 e. The highest BCUT2D eigenvalue weighted by atomic mass is 16.5. The van der Waals surface area contributed by atoms with Crippen molar-refractivity contribution in [2.75, 3.05) is 0 Å². The third-order valence-corrected chi connectivity index (χ3v) is 9.99. The highest BCUT2D eigenvalue weighted by Gasteiger charge is 2.64. The van der Waals surface area contributed by atoms with Crippen molar-refractivity contribution >= 4 is 0 Å². The molecule has 0 amide bonds. The molecule has 0 aromatic carbocycles. The topological polar surface area (TPSA) is 9.23 Å². The number of rotatable bonds is 1. The van der Waals surface area contributed by atoms with Crippen molar-refractivity contribution < 1.29 is 4.74 Å². The summed E-state index contributed by atoms with van der Waals surface area (Å²) in [5.74, 6) is 3.56. The lowest BCUT2D eigenvalue weighted by Crippen LogP contribution is -2.62. The van der Waals surface area contributed by atoms with Crippen LogP contribution in [0.3, 0.4) is 0 Å². The molecule has 0 aliphatic heterocycles. The van der Waals surface area contributed by atoms with Gasteiger partial charge >= 0.3 is 0 Å². The van der Waals surface area contributed by atoms with Crippen molar-refractivity contribution in [2.45, 2.75) is 118 Å². The predicted octanol–water partition coefficient (Wildman–Crippen LogP) is 7.24. The van der Waals surface area contributed by atoms with Gasteiger partial charge in [0.15, 0.2) is 0 Å². The van der Waals surface area contributed by atoms with E-state index in [1.807, 2.05) is 0 Å². The van der Waals surface area contributed by atoms with Crippen molar-refractivity contribution in [3.63, 3.8) is 0 Å². The van der Waals surface area contributed by atoms with Gasteiger partial charge in [-0.1, -0.05) is 40.5 Å². The Bertz CT molecular complexity index is 543. The Balaban J connectivity index is 1.75. The lowest BCUT2D eigenvalue weighted by atomic mass is 9.39. The van der Waals surface area contributed by atoms with Gasteiger partial charge in [-0.3, -0.25) is 0 Å². The minimum absolute atomic E-state index is 0.0202. The van der Waals surface area contributed by atoms with E-state index in [9.17, 15) is 0 Å². The Hall–Kier alpha value is -0.0400. The second kappa shape index (κ2) is 5.98. The van der Waals surface area contributed by atoms with Gasteiger partial charge < -0.3 is 4.74 Å². The summed E-state index contributed by atoms with van der Waals surface area (Å²) in [4.78, 5) is 0. The molecule has 0 bridgehead atoms. The van der Waals surface area contributed by atoms with Crippen LogP contribution in [0.5, 0.6) is 0 Å². The van der Waals surface area contributed by atoms with E-state index in [-0.39, 0.29) is 5.60 Å². The van der Waals surface area contributed by atoms with Crippen molar-refractivity contribution in [1.82, 2.24) is 0 Å². The maximum absolute atomic E-state index is 6.84. The summed E-state index contributed by atoms with van der Waals surface area (Å²) in [5, 5.41) is 0. The molecule has 0 saturated heterocycles. The Morgan fingerprint density at radius 2 is 1.42 bits per heavy atom. The molecule has 0 aromatic rings. The van der Waals surface area contributed by atoms with Gasteiger partial charge in [0.05, 0.1) is 11.7 Å². The van der Waals surface area contributed by atoms with Crippen molar-refractivity contribution in [3.8, 4) is 0 Å². The van der Waals surface area contributed by atoms with Gasteiger partial charge in [-0.15, -0.1) is 0 Å². The maximum atomic E-state index is 6.84. The van der Waals surface area contributed by atoms with Gasteiger partial charge in [0, 0.05) is 0 Å². The van der Waals surface area contributed by atoms with Crippen LogP contribution in [0.4, 0.5) is 0 Å². The molecule has 4 aliphatic rings. The van der Waals surface area contributed by atoms with E-state index < -0.39 is 0 Å². The summed E-state index contributed by atoms with van der Waals surface area (Å²) in [7, 11) is 0. The molecule has 0 spiro atoms. The van der Waals surface area contributed by atoms with Gasteiger partial charge in [-0.2, -0.15) is 0 Å². The highest BCUT2D eigenvalue weighted by molar-refractivity contribution is 5.13. The van der Waals surface area contributed by atoms with E-state index in [1.54, 1.807) is 0 Å². The second-order valence-corrected chi connectivity index (χ2v) is 12.6. The first-order valence-electron chi connectivity index (χ1n) is 11.7. The van der Waals surface area contributed by atoms with Crippen LogP contribution in [0.15, 0.2) is 0 Å². The van der Waals surface area contributed by atoms with E-state index in [0.29, 0.717) is 22.3 Å². The third kappa shape index (κ3) is 2.73. The summed E-state index contributed by atoms with van der Waals surface area (Å²) in [6.45, 7) is 17.3. The number of hydrogen-bond donors (Lipinski definition) is 0. The van der Waals surface area contributed by atoms with Crippen molar-refractivity contribution in [1.29, 1.82) is 0 Å². The van der Waals surface area contributed by atoms with Gasteiger partial charge in [0.1, 0.15) is 0 Å². The van der Waals surface area contributed by atoms with Crippen LogP contribution in [0.2, 0.25) is 0 Å². The van der Waals surface area contributed by atoms with Crippen molar-refractivity contribution in [2.24, 2.45) is 39.9 Å². The maximum Gasteiger partial charge on any atom is 0.0618 e. The molecular formula is C25H44O. The molecule has 1 heteroatoms. The lowest BCUT2D eigenvalue weighted by molar-refractivity contribution is -0.231. The Labute approximate surface area is 163 Å². The van der Waals surface area contributed by atoms with E-state index in [4.69, 9.17) is 4.74 Å². The van der Waals surface area contributed by atoms with E-state index in [0.717, 1.165) is 23.7 Å². The fraction of sp³-hybridized carbons (Fsp3) is 1.00. The highest BCUT2D eigenvalue weighted by Crippen LogP contribution is 2.70. The minimum atomic E-state index is -0.0202. The van der Waals surface area contributed by atoms with Gasteiger partial charge in [-0.05, 0) is 106 Å². The SMILES string of the molecule is CC(C)(C)O[C@@H]1C[C@H]2[C@@H]3CCC[C@@]3(C)CC[C@@H]2[C@]2(C)[C@@H]1CCCC2(C)C. The van der Waals surface area contributed by atoms with E-state index >= 15 is 0 Å². The summed E-state index contributed by atoms with van der Waals surface area (Å²) < 4.78 is 6.84. The van der Waals surface area contributed by atoms with Crippen LogP contribution in [-0.2, 0) is 4.74 Å². The molecule has 4 rings (SSSR count). The monoisotopic (exact) mass is 360 g/mol. The van der Waals surface area contributed by atoms with Crippen LogP contribution in [0, 0.1) is 39.9 Å². The molecule has 4 fully saturated rings. The smallest absolute Gasteiger partial charge is 0.0618 e. The predicted molar refractivity (Wildman–Crippen MR) is 110 cm³/mol. The first-order valence-corrected chi connectivity index (χ1v) is 11.7. The molecule has 0 heterocycles. The van der Waals surface area contributed by atoms with Crippen LogP contribution in [0.1, 0.15) is 106 Å². The standard InChI is InChI=1S/C25H44O/c1-22(2,3)26-21-16-17-18-10-9-14-24(18,6)15-12-19(17)25(7)20(21)11-8-13-23(25,4)5/h17-21H,8-16H2,1-7H3/t17-,18-,19-,20+,21+,24-,25+/m0/s1. The van der Waals surface area contributed by atoms with E-state index in [1.165, 1.54) is 57.8 Å². The second-order valence-electron chi connectivity index (χ2n) is 12.6. The van der Waals surface area contributed by atoms with Crippen LogP contribution in [-0.4, -0.2) is 11.7 Å². The van der Waals surface area contributed by atoms with Gasteiger partial charge in [-0.25, -0.2) is 0 Å². The molecule has 0 radical (unpaired) electrons. The fourth-order valence-corrected chi connectivity index (χ4v) is 8.55. The quantitative estimate of drug-likeness (QED) is 0.479. The van der Waals surface area contributed by atoms with Gasteiger partial charge in [0.25, 0.3) is 0 Å². The number of hydrogen-bond acceptors (Lipinski definition) is 1. The van der Waals surface area contributed by atoms with Crippen LogP contribution >= 0.6 is 0 Å². The Kier molecular flexibility index (Phi) is 4.43. The van der Waals surface area contributed by atoms with Crippen molar-refractivity contribution in [3.05, 3.63) is 0 Å². The first kappa shape index (κ1) is 19.3. The van der Waals surface area contributed by atoms with Gasteiger partial charge in [0.2, 0.25) is 0 Å². The number of ether oxygens (including phenoxy) is 1. The molecular weight excluding hydrogens is 316 g/mol. The summed E-state index contributed by atoms with van der Waals surface area (Å²) in [6.07, 6.45) is 13.4. The Morgan fingerprint density at radius 3 is 2.12 bits per heavy atom. The molecule has 0 aromatic heterocycles. The molecule has 26 heavy (non-hydrogen) atoms. The molecule has 7 atom stereocenters. The first-order chi connectivity index (χ1) is 12.0. The van der Waals surface area contributed by atoms with E-state index in [2.05, 4.69) is 48.5 Å². The molecule has 4 aliphatic carbocycles. The number of fused-ring (bicyclic) bond motifs is 5. The summed E-state index contributed by atoms with van der Waals surface area (Å²) >= 11 is 0. The molecule has 150 valence electrons. The third-order valence-electron chi connectivity index (χ3n) is 9.99. The minimum Gasteiger partial charge on any atom is -0.372 e.